The topological polar surface area (TPSA) is 64.6 Å². The van der Waals surface area contributed by atoms with Gasteiger partial charge in [0, 0.05) is 58.2 Å². The first-order chi connectivity index (χ1) is 18.0. The predicted molar refractivity (Wildman–Crippen MR) is 153 cm³/mol. The lowest BCUT2D eigenvalue weighted by atomic mass is 10.0. The lowest BCUT2D eigenvalue weighted by Crippen LogP contribution is -2.44. The number of nitrogens with zero attached hydrogens (tertiary/aromatic N) is 5. The summed E-state index contributed by atoms with van der Waals surface area (Å²) in [6.07, 6.45) is 4.30. The maximum absolute atomic E-state index is 12.5. The van der Waals surface area contributed by atoms with Crippen LogP contribution in [0.4, 0.5) is 5.82 Å². The van der Waals surface area contributed by atoms with Gasteiger partial charge >= 0.3 is 0 Å². The number of pyridine rings is 1. The highest BCUT2D eigenvalue weighted by atomic mass is 35.5. The van der Waals surface area contributed by atoms with Crippen LogP contribution in [0, 0.1) is 0 Å². The Bertz CT molecular complexity index is 1230. The number of thiazole rings is 1. The Morgan fingerprint density at radius 1 is 1.08 bits per heavy atom. The number of likely N-dealkylation sites (N-methyl/N-ethyl adjacent to an activating group) is 1. The fraction of sp³-hybridized carbons (Fsp3) is 0.519. The highest BCUT2D eigenvalue weighted by Crippen LogP contribution is 2.35. The zero-order valence-corrected chi connectivity index (χ0v) is 23.6. The van der Waals surface area contributed by atoms with Crippen LogP contribution in [0.1, 0.15) is 42.3 Å². The molecule has 0 aliphatic carbocycles. The minimum Gasteiger partial charge on any atom is -0.356 e. The van der Waals surface area contributed by atoms with Crippen LogP contribution >= 0.6 is 34.5 Å². The number of aromatic nitrogens is 2. The summed E-state index contributed by atoms with van der Waals surface area (Å²) in [6.45, 7) is 6.80. The van der Waals surface area contributed by atoms with Gasteiger partial charge in [0.2, 0.25) is 5.91 Å². The second kappa shape index (κ2) is 12.3. The molecule has 0 spiro atoms. The van der Waals surface area contributed by atoms with Crippen molar-refractivity contribution in [1.82, 2.24) is 25.1 Å². The van der Waals surface area contributed by atoms with E-state index in [2.05, 4.69) is 45.3 Å². The monoisotopic (exact) mass is 560 g/mol. The van der Waals surface area contributed by atoms with Crippen LogP contribution in [0.3, 0.4) is 0 Å². The number of aryl methyl sites for hydroxylation is 1. The largest absolute Gasteiger partial charge is 0.356 e. The number of likely N-dealkylation sites (tertiary alicyclic amines) is 1. The van der Waals surface area contributed by atoms with Gasteiger partial charge in [0.15, 0.2) is 0 Å². The van der Waals surface area contributed by atoms with Crippen molar-refractivity contribution in [3.63, 3.8) is 0 Å². The minimum atomic E-state index is 0.0767. The number of nitrogens with one attached hydrogen (secondary N) is 1. The van der Waals surface area contributed by atoms with Crippen molar-refractivity contribution in [2.45, 2.75) is 38.1 Å². The Morgan fingerprint density at radius 2 is 1.92 bits per heavy atom. The molecule has 2 saturated heterocycles. The lowest BCUT2D eigenvalue weighted by molar-refractivity contribution is -0.121. The van der Waals surface area contributed by atoms with Gasteiger partial charge in [-0.25, -0.2) is 9.97 Å². The van der Waals surface area contributed by atoms with E-state index in [4.69, 9.17) is 33.2 Å². The van der Waals surface area contributed by atoms with E-state index in [-0.39, 0.29) is 5.91 Å². The normalized spacial score (nSPS) is 19.1. The van der Waals surface area contributed by atoms with Crippen LogP contribution in [0.25, 0.3) is 10.3 Å². The van der Waals surface area contributed by atoms with E-state index in [9.17, 15) is 4.79 Å². The molecule has 3 aromatic rings. The van der Waals surface area contributed by atoms with Gasteiger partial charge in [-0.15, -0.1) is 0 Å². The summed E-state index contributed by atoms with van der Waals surface area (Å²) in [5, 5.41) is 5.25. The molecular formula is C27H34Cl2N6OS. The molecule has 1 N–H and O–H groups in total. The van der Waals surface area contributed by atoms with Crippen molar-refractivity contribution in [1.29, 1.82) is 0 Å². The Morgan fingerprint density at radius 3 is 2.73 bits per heavy atom. The molecule has 1 aromatic carbocycles. The average Bonchev–Trinajstić information content (AvgIpc) is 3.54. The zero-order valence-electron chi connectivity index (χ0n) is 21.3. The first-order valence-electron chi connectivity index (χ1n) is 13.1. The fourth-order valence-corrected chi connectivity index (χ4v) is 6.42. The van der Waals surface area contributed by atoms with Gasteiger partial charge in [0.25, 0.3) is 0 Å². The number of rotatable bonds is 9. The zero-order chi connectivity index (χ0) is 25.8. The molecule has 4 heterocycles. The minimum absolute atomic E-state index is 0.0767. The van der Waals surface area contributed by atoms with Crippen molar-refractivity contribution in [3.8, 4) is 0 Å². The van der Waals surface area contributed by atoms with E-state index < -0.39 is 0 Å². The number of hydrogen-bond acceptors (Lipinski definition) is 7. The summed E-state index contributed by atoms with van der Waals surface area (Å²) in [5.41, 5.74) is 2.14. The number of hydrogen-bond donors (Lipinski definition) is 1. The van der Waals surface area contributed by atoms with Crippen LogP contribution < -0.4 is 10.2 Å². The number of anilines is 1. The predicted octanol–water partition coefficient (Wildman–Crippen LogP) is 5.03. The molecule has 0 bridgehead atoms. The number of halogens is 2. The van der Waals surface area contributed by atoms with Crippen molar-refractivity contribution >= 4 is 56.6 Å². The van der Waals surface area contributed by atoms with Gasteiger partial charge in [-0.05, 0) is 62.7 Å². The SMILES string of the molecule is CN1CCN(c2ccc3nc(CCC(=O)NCCCN4CCCC4c4ccc(Cl)c(Cl)c4)sc3n2)CC1. The highest BCUT2D eigenvalue weighted by molar-refractivity contribution is 7.18. The number of amides is 1. The summed E-state index contributed by atoms with van der Waals surface area (Å²) in [6, 6.07) is 10.4. The first kappa shape index (κ1) is 26.6. The summed E-state index contributed by atoms with van der Waals surface area (Å²) < 4.78 is 0. The Labute approximate surface area is 232 Å². The molecule has 2 aliphatic rings. The molecule has 198 valence electrons. The smallest absolute Gasteiger partial charge is 0.220 e. The highest BCUT2D eigenvalue weighted by Gasteiger charge is 2.26. The Balaban J connectivity index is 1.05. The van der Waals surface area contributed by atoms with E-state index in [1.807, 2.05) is 12.1 Å². The second-order valence-corrected chi connectivity index (χ2v) is 11.8. The molecule has 37 heavy (non-hydrogen) atoms. The van der Waals surface area contributed by atoms with Gasteiger partial charge in [-0.3, -0.25) is 9.69 Å². The molecule has 10 heteroatoms. The standard InChI is InChI=1S/C27H34Cl2N6OS/c1-33-14-16-35(17-15-33)24-8-7-22-27(32-24)37-26(31-22)10-9-25(36)30-11-3-13-34-12-2-4-23(34)19-5-6-20(28)21(29)18-19/h5-8,18,23H,2-4,9-17H2,1H3,(H,30,36). The van der Waals surface area contributed by atoms with E-state index in [1.165, 1.54) is 12.0 Å². The van der Waals surface area contributed by atoms with Crippen LogP contribution in [-0.4, -0.2) is 78.5 Å². The molecule has 1 atom stereocenters. The molecule has 1 amide bonds. The van der Waals surface area contributed by atoms with Crippen molar-refractivity contribution in [3.05, 3.63) is 50.9 Å². The molecule has 0 radical (unpaired) electrons. The maximum Gasteiger partial charge on any atom is 0.220 e. The van der Waals surface area contributed by atoms with E-state index >= 15 is 0 Å². The molecule has 2 fully saturated rings. The van der Waals surface area contributed by atoms with Crippen LogP contribution in [0.15, 0.2) is 30.3 Å². The van der Waals surface area contributed by atoms with Gasteiger partial charge in [-0.1, -0.05) is 40.6 Å². The Kier molecular flexibility index (Phi) is 8.82. The molecule has 7 nitrogen and oxygen atoms in total. The van der Waals surface area contributed by atoms with Crippen LogP contribution in [-0.2, 0) is 11.2 Å². The summed E-state index contributed by atoms with van der Waals surface area (Å²) >= 11 is 13.9. The third-order valence-corrected chi connectivity index (χ3v) is 9.08. The fourth-order valence-electron chi connectivity index (χ4n) is 5.18. The summed E-state index contributed by atoms with van der Waals surface area (Å²) in [4.78, 5) is 30.1. The quantitative estimate of drug-likeness (QED) is 0.370. The van der Waals surface area contributed by atoms with E-state index in [1.54, 1.807) is 11.3 Å². The van der Waals surface area contributed by atoms with Crippen molar-refractivity contribution in [2.24, 2.45) is 0 Å². The number of piperazine rings is 1. The summed E-state index contributed by atoms with van der Waals surface area (Å²) in [5.74, 6) is 1.10. The van der Waals surface area contributed by atoms with Gasteiger partial charge in [0.1, 0.15) is 16.2 Å². The van der Waals surface area contributed by atoms with Crippen LogP contribution in [0.2, 0.25) is 10.0 Å². The number of fused-ring (bicyclic) bond motifs is 1. The number of carbonyl (C=O) groups is 1. The average molecular weight is 562 g/mol. The van der Waals surface area contributed by atoms with E-state index in [0.29, 0.717) is 35.5 Å². The molecule has 5 rings (SSSR count). The van der Waals surface area contributed by atoms with Crippen molar-refractivity contribution < 1.29 is 4.79 Å². The molecule has 0 saturated carbocycles. The Hall–Kier alpha value is -1.97. The maximum atomic E-state index is 12.5. The lowest BCUT2D eigenvalue weighted by Gasteiger charge is -2.33. The van der Waals surface area contributed by atoms with Crippen LogP contribution in [0.5, 0.6) is 0 Å². The molecule has 1 unspecified atom stereocenters. The number of benzene rings is 1. The van der Waals surface area contributed by atoms with Gasteiger partial charge in [0.05, 0.1) is 15.1 Å². The van der Waals surface area contributed by atoms with Gasteiger partial charge < -0.3 is 15.1 Å². The third-order valence-electron chi connectivity index (χ3n) is 7.31. The summed E-state index contributed by atoms with van der Waals surface area (Å²) in [7, 11) is 2.15. The second-order valence-electron chi connectivity index (χ2n) is 9.96. The van der Waals surface area contributed by atoms with E-state index in [0.717, 1.165) is 73.3 Å². The molecule has 2 aromatic heterocycles. The first-order valence-corrected chi connectivity index (χ1v) is 14.7. The molecule has 2 aliphatic heterocycles. The van der Waals surface area contributed by atoms with Crippen molar-refractivity contribution in [2.75, 3.05) is 57.8 Å². The number of carbonyl (C=O) groups excluding carboxylic acids is 1. The van der Waals surface area contributed by atoms with Gasteiger partial charge in [-0.2, -0.15) is 0 Å². The third kappa shape index (κ3) is 6.73. The molecular weight excluding hydrogens is 527 g/mol.